The van der Waals surface area contributed by atoms with Gasteiger partial charge in [0.2, 0.25) is 0 Å². The van der Waals surface area contributed by atoms with Crippen LogP contribution in [0.15, 0.2) is 59.1 Å². The Morgan fingerprint density at radius 3 is 2.84 bits per heavy atom. The standard InChI is InChI=1S/C15H14N2O2/c16-17-13-9-5-4-6-11(13)10-14(15(17)18)19-12-7-2-1-3-8-12/h2,4-10H,1,3,16H2. The Labute approximate surface area is 110 Å². The molecule has 0 saturated carbocycles. The first kappa shape index (κ1) is 11.6. The third-order valence-corrected chi connectivity index (χ3v) is 3.10. The third kappa shape index (κ3) is 2.12. The van der Waals surface area contributed by atoms with Crippen molar-refractivity contribution in [3.05, 3.63) is 64.7 Å². The fourth-order valence-corrected chi connectivity index (χ4v) is 2.13. The highest BCUT2D eigenvalue weighted by Crippen LogP contribution is 2.19. The maximum absolute atomic E-state index is 12.1. The minimum Gasteiger partial charge on any atom is -0.452 e. The zero-order chi connectivity index (χ0) is 13.2. The second-order valence-corrected chi connectivity index (χ2v) is 4.43. The molecule has 1 aromatic carbocycles. The number of nitrogen functional groups attached to an aromatic ring is 1. The number of fused-ring (bicyclic) bond motifs is 1. The fourth-order valence-electron chi connectivity index (χ4n) is 2.13. The molecule has 1 aliphatic carbocycles. The molecule has 0 amide bonds. The monoisotopic (exact) mass is 254 g/mol. The normalized spacial score (nSPS) is 14.4. The van der Waals surface area contributed by atoms with Crippen LogP contribution in [0.4, 0.5) is 0 Å². The van der Waals surface area contributed by atoms with Gasteiger partial charge in [-0.3, -0.25) is 4.79 Å². The van der Waals surface area contributed by atoms with Crippen LogP contribution in [0.1, 0.15) is 12.8 Å². The van der Waals surface area contributed by atoms with Crippen molar-refractivity contribution in [1.82, 2.24) is 4.68 Å². The lowest BCUT2D eigenvalue weighted by Crippen LogP contribution is -2.28. The molecule has 3 rings (SSSR count). The SMILES string of the molecule is Nn1c(=O)c(OC2=CCCC=C2)cc2ccccc21. The molecule has 2 aromatic rings. The molecule has 0 bridgehead atoms. The van der Waals surface area contributed by atoms with Gasteiger partial charge in [-0.15, -0.1) is 0 Å². The lowest BCUT2D eigenvalue weighted by Gasteiger charge is -2.11. The van der Waals surface area contributed by atoms with Crippen molar-refractivity contribution >= 4 is 10.9 Å². The van der Waals surface area contributed by atoms with E-state index < -0.39 is 0 Å². The molecule has 1 aromatic heterocycles. The molecule has 0 aliphatic heterocycles. The van der Waals surface area contributed by atoms with Gasteiger partial charge in [-0.25, -0.2) is 4.68 Å². The quantitative estimate of drug-likeness (QED) is 0.837. The van der Waals surface area contributed by atoms with Gasteiger partial charge in [0, 0.05) is 5.39 Å². The summed E-state index contributed by atoms with van der Waals surface area (Å²) in [6.45, 7) is 0. The maximum Gasteiger partial charge on any atom is 0.312 e. The van der Waals surface area contributed by atoms with E-state index in [0.29, 0.717) is 11.3 Å². The van der Waals surface area contributed by atoms with Crippen LogP contribution in [-0.2, 0) is 0 Å². The molecule has 1 aliphatic rings. The maximum atomic E-state index is 12.1. The summed E-state index contributed by atoms with van der Waals surface area (Å²) < 4.78 is 6.76. The lowest BCUT2D eigenvalue weighted by atomic mass is 10.2. The van der Waals surface area contributed by atoms with Gasteiger partial charge in [0.05, 0.1) is 5.52 Å². The van der Waals surface area contributed by atoms with Crippen molar-refractivity contribution in [2.75, 3.05) is 5.84 Å². The fraction of sp³-hybridized carbons (Fsp3) is 0.133. The van der Waals surface area contributed by atoms with E-state index in [1.807, 2.05) is 36.4 Å². The molecule has 1 heterocycles. The number of aromatic nitrogens is 1. The number of benzene rings is 1. The van der Waals surface area contributed by atoms with Crippen LogP contribution >= 0.6 is 0 Å². The minimum atomic E-state index is -0.335. The second kappa shape index (κ2) is 4.65. The number of nitrogens with zero attached hydrogens (tertiary/aromatic N) is 1. The second-order valence-electron chi connectivity index (χ2n) is 4.43. The van der Waals surface area contributed by atoms with Crippen molar-refractivity contribution in [2.45, 2.75) is 12.8 Å². The van der Waals surface area contributed by atoms with E-state index in [-0.39, 0.29) is 11.3 Å². The average Bonchev–Trinajstić information content (AvgIpc) is 2.46. The lowest BCUT2D eigenvalue weighted by molar-refractivity contribution is 0.431. The number of para-hydroxylation sites is 1. The zero-order valence-corrected chi connectivity index (χ0v) is 10.4. The first-order valence-electron chi connectivity index (χ1n) is 6.20. The van der Waals surface area contributed by atoms with E-state index in [1.54, 1.807) is 12.1 Å². The topological polar surface area (TPSA) is 57.2 Å². The highest BCUT2D eigenvalue weighted by Gasteiger charge is 2.10. The van der Waals surface area contributed by atoms with E-state index in [2.05, 4.69) is 0 Å². The minimum absolute atomic E-state index is 0.249. The predicted molar refractivity (Wildman–Crippen MR) is 75.4 cm³/mol. The molecule has 2 N–H and O–H groups in total. The predicted octanol–water partition coefficient (Wildman–Crippen LogP) is 2.33. The Morgan fingerprint density at radius 2 is 2.05 bits per heavy atom. The smallest absolute Gasteiger partial charge is 0.312 e. The summed E-state index contributed by atoms with van der Waals surface area (Å²) in [5.41, 5.74) is 0.353. The summed E-state index contributed by atoms with van der Waals surface area (Å²) in [7, 11) is 0. The van der Waals surface area contributed by atoms with Gasteiger partial charge >= 0.3 is 5.56 Å². The summed E-state index contributed by atoms with van der Waals surface area (Å²) in [5, 5.41) is 0.875. The number of hydrogen-bond donors (Lipinski definition) is 1. The van der Waals surface area contributed by atoms with Crippen LogP contribution in [0, 0.1) is 0 Å². The van der Waals surface area contributed by atoms with Gasteiger partial charge in [-0.2, -0.15) is 0 Å². The van der Waals surface area contributed by atoms with Gasteiger partial charge in [-0.05, 0) is 37.1 Å². The molecule has 0 unspecified atom stereocenters. The summed E-state index contributed by atoms with van der Waals surface area (Å²) >= 11 is 0. The Morgan fingerprint density at radius 1 is 1.21 bits per heavy atom. The number of pyridine rings is 1. The van der Waals surface area contributed by atoms with Gasteiger partial charge < -0.3 is 10.6 Å². The highest BCUT2D eigenvalue weighted by atomic mass is 16.5. The summed E-state index contributed by atoms with van der Waals surface area (Å²) in [5.74, 6) is 6.75. The van der Waals surface area contributed by atoms with E-state index in [4.69, 9.17) is 10.6 Å². The highest BCUT2D eigenvalue weighted by molar-refractivity contribution is 5.80. The number of hydrogen-bond acceptors (Lipinski definition) is 3. The zero-order valence-electron chi connectivity index (χ0n) is 10.4. The molecule has 0 atom stereocenters. The van der Waals surface area contributed by atoms with E-state index in [9.17, 15) is 4.79 Å². The molecule has 0 fully saturated rings. The van der Waals surface area contributed by atoms with Crippen molar-refractivity contribution in [1.29, 1.82) is 0 Å². The Hall–Kier alpha value is -2.49. The first-order valence-corrected chi connectivity index (χ1v) is 6.20. The molecule has 4 heteroatoms. The molecule has 0 spiro atoms. The molecule has 0 radical (unpaired) electrons. The van der Waals surface area contributed by atoms with Crippen molar-refractivity contribution in [3.63, 3.8) is 0 Å². The van der Waals surface area contributed by atoms with Crippen LogP contribution in [0.25, 0.3) is 10.9 Å². The van der Waals surface area contributed by atoms with Crippen molar-refractivity contribution in [3.8, 4) is 5.75 Å². The molecular weight excluding hydrogens is 240 g/mol. The number of allylic oxidation sites excluding steroid dienone is 3. The van der Waals surface area contributed by atoms with Crippen molar-refractivity contribution < 1.29 is 4.74 Å². The Kier molecular flexibility index (Phi) is 2.83. The average molecular weight is 254 g/mol. The first-order chi connectivity index (χ1) is 9.25. The Balaban J connectivity index is 2.09. The largest absolute Gasteiger partial charge is 0.452 e. The molecule has 96 valence electrons. The number of ether oxygens (including phenoxy) is 1. The Bertz CT molecular complexity index is 741. The van der Waals surface area contributed by atoms with Crippen LogP contribution < -0.4 is 16.1 Å². The molecule has 0 saturated heterocycles. The third-order valence-electron chi connectivity index (χ3n) is 3.10. The summed E-state index contributed by atoms with van der Waals surface area (Å²) in [6.07, 6.45) is 7.80. The van der Waals surface area contributed by atoms with Crippen LogP contribution in [0.3, 0.4) is 0 Å². The number of rotatable bonds is 2. The van der Waals surface area contributed by atoms with E-state index in [1.165, 1.54) is 0 Å². The molecule has 19 heavy (non-hydrogen) atoms. The summed E-state index contributed by atoms with van der Waals surface area (Å²) in [6, 6.07) is 9.18. The van der Waals surface area contributed by atoms with Gasteiger partial charge in [0.15, 0.2) is 5.75 Å². The van der Waals surface area contributed by atoms with Gasteiger partial charge in [-0.1, -0.05) is 24.3 Å². The van der Waals surface area contributed by atoms with Crippen LogP contribution in [0.5, 0.6) is 5.75 Å². The van der Waals surface area contributed by atoms with Gasteiger partial charge in [0.1, 0.15) is 5.76 Å². The van der Waals surface area contributed by atoms with Crippen LogP contribution in [0.2, 0.25) is 0 Å². The number of nitrogens with two attached hydrogens (primary N) is 1. The van der Waals surface area contributed by atoms with Gasteiger partial charge in [0.25, 0.3) is 0 Å². The molecular formula is C15H14N2O2. The summed E-state index contributed by atoms with van der Waals surface area (Å²) in [4.78, 5) is 12.1. The van der Waals surface area contributed by atoms with E-state index in [0.717, 1.165) is 22.9 Å². The van der Waals surface area contributed by atoms with Crippen LogP contribution in [-0.4, -0.2) is 4.68 Å². The van der Waals surface area contributed by atoms with E-state index >= 15 is 0 Å². The molecule has 4 nitrogen and oxygen atoms in total. The van der Waals surface area contributed by atoms with Crippen molar-refractivity contribution in [2.24, 2.45) is 0 Å².